The van der Waals surface area contributed by atoms with Crippen molar-refractivity contribution in [2.24, 2.45) is 5.92 Å². The minimum absolute atomic E-state index is 0.0296. The van der Waals surface area contributed by atoms with Crippen molar-refractivity contribution in [3.05, 3.63) is 107 Å². The third-order valence-electron chi connectivity index (χ3n) is 8.72. The molecule has 6 heteroatoms. The number of aliphatic hydroxyl groups excluding tert-OH is 1. The van der Waals surface area contributed by atoms with Crippen molar-refractivity contribution >= 4 is 33.5 Å². The van der Waals surface area contributed by atoms with E-state index in [0.717, 1.165) is 53.7 Å². The number of nitrogens with two attached hydrogens (primary N) is 1. The molecule has 3 aromatic carbocycles. The van der Waals surface area contributed by atoms with Crippen molar-refractivity contribution in [3.8, 4) is 0 Å². The number of nitrogen functional groups attached to an aromatic ring is 1. The van der Waals surface area contributed by atoms with Crippen LogP contribution >= 0.6 is 0 Å². The summed E-state index contributed by atoms with van der Waals surface area (Å²) in [5.74, 6) is 0.00626. The average Bonchev–Trinajstić information content (AvgIpc) is 3.60. The largest absolute Gasteiger partial charge is 0.399 e. The molecule has 0 saturated heterocycles. The second kappa shape index (κ2) is 11.4. The fraction of sp³-hybridized carbons (Fsp3) is 0.314. The van der Waals surface area contributed by atoms with E-state index in [4.69, 9.17) is 10.7 Å². The Hall–Kier alpha value is -4.16. The van der Waals surface area contributed by atoms with E-state index in [-0.39, 0.29) is 18.4 Å². The average molecular weight is 547 g/mol. The third-order valence-corrected chi connectivity index (χ3v) is 8.72. The number of hydrogen-bond donors (Lipinski definition) is 3. The Bertz CT molecular complexity index is 1680. The summed E-state index contributed by atoms with van der Waals surface area (Å²) in [4.78, 5) is 18.7. The summed E-state index contributed by atoms with van der Waals surface area (Å²) in [5.41, 5.74) is 14.0. The number of hydrogen-bond acceptors (Lipinski definition) is 4. The topological polar surface area (TPSA) is 93.2 Å². The summed E-state index contributed by atoms with van der Waals surface area (Å²) in [7, 11) is 0. The van der Waals surface area contributed by atoms with Crippen LogP contribution in [0.3, 0.4) is 0 Å². The number of para-hydroxylation sites is 1. The lowest BCUT2D eigenvalue weighted by atomic mass is 9.83. The summed E-state index contributed by atoms with van der Waals surface area (Å²) in [6.45, 7) is 4.74. The van der Waals surface area contributed by atoms with Crippen LogP contribution in [-0.2, 0) is 11.3 Å². The van der Waals surface area contributed by atoms with Crippen LogP contribution in [0.2, 0.25) is 0 Å². The van der Waals surface area contributed by atoms with Crippen LogP contribution in [0.1, 0.15) is 65.6 Å². The van der Waals surface area contributed by atoms with E-state index in [1.807, 2.05) is 19.1 Å². The van der Waals surface area contributed by atoms with Crippen LogP contribution < -0.4 is 11.1 Å². The Balaban J connectivity index is 1.29. The monoisotopic (exact) mass is 546 g/mol. The highest BCUT2D eigenvalue weighted by Gasteiger charge is 2.33. The summed E-state index contributed by atoms with van der Waals surface area (Å²) in [6, 6.07) is 26.0. The number of carbonyl (C=O) groups excluding carboxylic acids is 1. The van der Waals surface area contributed by atoms with Crippen molar-refractivity contribution in [2.75, 3.05) is 12.3 Å². The number of nitrogens with zero attached hydrogens (tertiary/aromatic N) is 2. The summed E-state index contributed by atoms with van der Waals surface area (Å²) in [6.07, 6.45) is 4.37. The molecule has 6 nitrogen and oxygen atoms in total. The number of aromatic nitrogens is 2. The van der Waals surface area contributed by atoms with Crippen molar-refractivity contribution in [1.82, 2.24) is 14.9 Å². The van der Waals surface area contributed by atoms with Gasteiger partial charge in [-0.25, -0.2) is 4.98 Å². The zero-order chi connectivity index (χ0) is 28.5. The molecule has 2 atom stereocenters. The first kappa shape index (κ1) is 27.0. The predicted octanol–water partition coefficient (Wildman–Crippen LogP) is 6.56. The fourth-order valence-corrected chi connectivity index (χ4v) is 6.71. The van der Waals surface area contributed by atoms with Gasteiger partial charge in [-0.15, -0.1) is 0 Å². The number of carbonyl (C=O) groups is 1. The van der Waals surface area contributed by atoms with Gasteiger partial charge in [0.1, 0.15) is 5.65 Å². The van der Waals surface area contributed by atoms with Crippen LogP contribution in [0.5, 0.6) is 0 Å². The van der Waals surface area contributed by atoms with Gasteiger partial charge in [0, 0.05) is 28.7 Å². The van der Waals surface area contributed by atoms with Crippen LogP contribution in [0.15, 0.2) is 78.9 Å². The van der Waals surface area contributed by atoms with Crippen LogP contribution in [0.25, 0.3) is 21.9 Å². The third kappa shape index (κ3) is 5.32. The van der Waals surface area contributed by atoms with E-state index in [1.54, 1.807) is 12.1 Å². The molecule has 0 bridgehead atoms. The maximum Gasteiger partial charge on any atom is 0.228 e. The summed E-state index contributed by atoms with van der Waals surface area (Å²) < 4.78 is 2.30. The number of benzene rings is 3. The maximum atomic E-state index is 13.8. The molecule has 4 N–H and O–H groups in total. The van der Waals surface area contributed by atoms with Gasteiger partial charge in [0.2, 0.25) is 5.91 Å². The van der Waals surface area contributed by atoms with Gasteiger partial charge in [-0.05, 0) is 79.1 Å². The quantitative estimate of drug-likeness (QED) is 0.192. The molecular formula is C35H38N4O2. The Kier molecular flexibility index (Phi) is 7.50. The lowest BCUT2D eigenvalue weighted by Crippen LogP contribution is -2.37. The molecule has 1 saturated carbocycles. The number of rotatable bonds is 8. The van der Waals surface area contributed by atoms with E-state index in [9.17, 15) is 9.90 Å². The first-order valence-electron chi connectivity index (χ1n) is 14.6. The molecule has 2 heterocycles. The van der Waals surface area contributed by atoms with Gasteiger partial charge >= 0.3 is 0 Å². The fourth-order valence-electron chi connectivity index (χ4n) is 6.71. The van der Waals surface area contributed by atoms with Crippen molar-refractivity contribution in [1.29, 1.82) is 0 Å². The predicted molar refractivity (Wildman–Crippen MR) is 166 cm³/mol. The molecule has 6 rings (SSSR count). The lowest BCUT2D eigenvalue weighted by Gasteiger charge is -2.26. The highest BCUT2D eigenvalue weighted by molar-refractivity contribution is 6.08. The van der Waals surface area contributed by atoms with E-state index in [1.165, 1.54) is 21.9 Å². The first-order chi connectivity index (χ1) is 19.9. The summed E-state index contributed by atoms with van der Waals surface area (Å²) in [5, 5.41) is 15.7. The van der Waals surface area contributed by atoms with E-state index in [2.05, 4.69) is 71.4 Å². The molecule has 2 unspecified atom stereocenters. The number of fused-ring (bicyclic) bond motifs is 3. The Morgan fingerprint density at radius 2 is 1.68 bits per heavy atom. The second-order valence-electron chi connectivity index (χ2n) is 11.6. The molecule has 210 valence electrons. The molecule has 5 aromatic rings. The van der Waals surface area contributed by atoms with Crippen molar-refractivity contribution in [2.45, 2.75) is 58.0 Å². The Labute approximate surface area is 241 Å². The molecular weight excluding hydrogens is 508 g/mol. The highest BCUT2D eigenvalue weighted by atomic mass is 16.3. The zero-order valence-electron chi connectivity index (χ0n) is 23.8. The molecule has 2 aromatic heterocycles. The summed E-state index contributed by atoms with van der Waals surface area (Å²) >= 11 is 0. The molecule has 0 spiro atoms. The standard InChI is InChI=1S/C35H38N4O2/c1-22-19-23(2)37-34-32(22)29-9-5-6-10-31(29)39(34)20-24-11-13-27(14-12-24)33(26-7-3-4-8-26)35(41)38-30(21-40)25-15-17-28(36)18-16-25/h5-6,9-19,26,30,33,40H,3-4,7-8,20-21,36H2,1-2H3,(H,38,41). The highest BCUT2D eigenvalue weighted by Crippen LogP contribution is 2.38. The Morgan fingerprint density at radius 1 is 1.00 bits per heavy atom. The number of aryl methyl sites for hydroxylation is 2. The van der Waals surface area contributed by atoms with Gasteiger partial charge in [0.15, 0.2) is 0 Å². The van der Waals surface area contributed by atoms with E-state index < -0.39 is 6.04 Å². The van der Waals surface area contributed by atoms with Gasteiger partial charge in [0.05, 0.1) is 24.1 Å². The van der Waals surface area contributed by atoms with Gasteiger partial charge in [-0.2, -0.15) is 0 Å². The van der Waals surface area contributed by atoms with Crippen molar-refractivity contribution < 1.29 is 9.90 Å². The van der Waals surface area contributed by atoms with Crippen molar-refractivity contribution in [3.63, 3.8) is 0 Å². The Morgan fingerprint density at radius 3 is 2.39 bits per heavy atom. The van der Waals surface area contributed by atoms with Crippen LogP contribution in [0, 0.1) is 19.8 Å². The number of nitrogens with one attached hydrogen (secondary N) is 1. The number of anilines is 1. The smallest absolute Gasteiger partial charge is 0.228 e. The van der Waals surface area contributed by atoms with Gasteiger partial charge in [-0.3, -0.25) is 4.79 Å². The minimum atomic E-state index is -0.471. The zero-order valence-corrected chi connectivity index (χ0v) is 23.8. The molecule has 1 fully saturated rings. The molecule has 0 radical (unpaired) electrons. The van der Waals surface area contributed by atoms with Crippen LogP contribution in [0.4, 0.5) is 5.69 Å². The van der Waals surface area contributed by atoms with Gasteiger partial charge in [0.25, 0.3) is 0 Å². The maximum absolute atomic E-state index is 13.8. The molecule has 1 aliphatic rings. The van der Waals surface area contributed by atoms with Gasteiger partial charge in [-0.1, -0.05) is 67.4 Å². The lowest BCUT2D eigenvalue weighted by molar-refractivity contribution is -0.124. The minimum Gasteiger partial charge on any atom is -0.399 e. The second-order valence-corrected chi connectivity index (χ2v) is 11.6. The number of pyridine rings is 1. The SMILES string of the molecule is Cc1cc(C)c2c3ccccc3n(Cc3ccc(C(C(=O)NC(CO)c4ccc(N)cc4)C4CCCC4)cc3)c2n1. The van der Waals surface area contributed by atoms with Gasteiger partial charge < -0.3 is 20.7 Å². The van der Waals surface area contributed by atoms with E-state index >= 15 is 0 Å². The molecule has 41 heavy (non-hydrogen) atoms. The first-order valence-corrected chi connectivity index (χ1v) is 14.6. The normalized spacial score (nSPS) is 15.4. The molecule has 1 amide bonds. The van der Waals surface area contributed by atoms with E-state index in [0.29, 0.717) is 18.2 Å². The number of aliphatic hydroxyl groups is 1. The van der Waals surface area contributed by atoms with Crippen LogP contribution in [-0.4, -0.2) is 27.2 Å². The molecule has 0 aliphatic heterocycles. The molecule has 1 aliphatic carbocycles. The number of amides is 1.